The molecule has 3 rings (SSSR count). The van der Waals surface area contributed by atoms with Crippen molar-refractivity contribution in [3.05, 3.63) is 80.9 Å². The summed E-state index contributed by atoms with van der Waals surface area (Å²) >= 11 is 0. The molecule has 3 aromatic rings. The molecule has 0 saturated carbocycles. The number of hydrogen-bond acceptors (Lipinski definition) is 2. The molecule has 0 aliphatic heterocycles. The van der Waals surface area contributed by atoms with E-state index in [0.717, 1.165) is 24.0 Å². The maximum atomic E-state index is 10.1. The van der Waals surface area contributed by atoms with Gasteiger partial charge in [-0.3, -0.25) is 0 Å². The number of phenols is 1. The number of rotatable bonds is 6. The minimum Gasteiger partial charge on any atom is -0.507 e. The quantitative estimate of drug-likeness (QED) is 0.271. The lowest BCUT2D eigenvalue weighted by Gasteiger charge is -2.33. The molecule has 0 aromatic heterocycles. The summed E-state index contributed by atoms with van der Waals surface area (Å²) in [6.45, 7) is 44.9. The Morgan fingerprint density at radius 1 is 0.560 bits per heavy atom. The lowest BCUT2D eigenvalue weighted by atomic mass is 9.73. The van der Waals surface area contributed by atoms with Crippen LogP contribution in [0.3, 0.4) is 0 Å². The summed E-state index contributed by atoms with van der Waals surface area (Å²) in [5.74, 6) is 0.466. The number of aryl methyl sites for hydroxylation is 2. The number of anilines is 1. The van der Waals surface area contributed by atoms with Crippen molar-refractivity contribution < 1.29 is 5.11 Å². The predicted molar refractivity (Wildman–Crippen MR) is 227 cm³/mol. The van der Waals surface area contributed by atoms with Crippen molar-refractivity contribution in [3.63, 3.8) is 0 Å². The van der Waals surface area contributed by atoms with E-state index in [1.807, 2.05) is 20.8 Å². The monoisotopic (exact) mass is 686 g/mol. The first kappa shape index (κ1) is 45.3. The molecule has 282 valence electrons. The Bertz CT molecular complexity index is 1450. The van der Waals surface area contributed by atoms with Gasteiger partial charge in [0, 0.05) is 18.3 Å². The normalized spacial score (nSPS) is 12.5. The largest absolute Gasteiger partial charge is 0.507 e. The van der Waals surface area contributed by atoms with Crippen LogP contribution < -0.4 is 5.32 Å². The standard InChI is InChI=1S/C31H49N.C15H24O.C2H6/c1-15-22-23(16-20(28(2,3)4)18-25(22)30(8,9)10)24-17-21(29(5,6)7)19-26(27(24)32-14)31(11,12)13;1-6-7-8-12-9-11(2)14(16)13(10-12)15(3,4)5;1-2/h16-19,32H,15H2,1-14H3;9-10,16H,6-8H2,1-5H3;1-2H3. The van der Waals surface area contributed by atoms with E-state index in [0.29, 0.717) is 5.75 Å². The van der Waals surface area contributed by atoms with Gasteiger partial charge < -0.3 is 10.4 Å². The van der Waals surface area contributed by atoms with Gasteiger partial charge in [-0.05, 0) is 109 Å². The van der Waals surface area contributed by atoms with Crippen molar-refractivity contribution in [2.45, 2.75) is 191 Å². The molecule has 0 saturated heterocycles. The Balaban J connectivity index is 0.000000581. The Kier molecular flexibility index (Phi) is 15.6. The van der Waals surface area contributed by atoms with Gasteiger partial charge in [0.1, 0.15) is 5.75 Å². The maximum Gasteiger partial charge on any atom is 0.122 e. The van der Waals surface area contributed by atoms with Crippen LogP contribution >= 0.6 is 0 Å². The van der Waals surface area contributed by atoms with Crippen LogP contribution in [0.25, 0.3) is 11.1 Å². The molecule has 0 atom stereocenters. The zero-order chi connectivity index (χ0) is 39.2. The fraction of sp³-hybridized carbons (Fsp3) is 0.625. The Morgan fingerprint density at radius 3 is 1.38 bits per heavy atom. The molecule has 0 amide bonds. The van der Waals surface area contributed by atoms with Gasteiger partial charge in [0.25, 0.3) is 0 Å². The third kappa shape index (κ3) is 11.6. The summed E-state index contributed by atoms with van der Waals surface area (Å²) in [4.78, 5) is 0. The molecular formula is C48H79NO. The van der Waals surface area contributed by atoms with Crippen LogP contribution in [0.2, 0.25) is 0 Å². The fourth-order valence-corrected chi connectivity index (χ4v) is 6.49. The van der Waals surface area contributed by atoms with E-state index >= 15 is 0 Å². The number of unbranched alkanes of at least 4 members (excludes halogenated alkanes) is 1. The van der Waals surface area contributed by atoms with Gasteiger partial charge in [0.2, 0.25) is 0 Å². The lowest BCUT2D eigenvalue weighted by Crippen LogP contribution is -2.21. The molecule has 0 heterocycles. The first-order valence-electron chi connectivity index (χ1n) is 19.6. The molecule has 2 heteroatoms. The van der Waals surface area contributed by atoms with Gasteiger partial charge in [-0.25, -0.2) is 0 Å². The van der Waals surface area contributed by atoms with Crippen molar-refractivity contribution in [2.75, 3.05) is 12.4 Å². The van der Waals surface area contributed by atoms with E-state index in [1.54, 1.807) is 0 Å². The van der Waals surface area contributed by atoms with Gasteiger partial charge in [-0.1, -0.05) is 168 Å². The van der Waals surface area contributed by atoms with Gasteiger partial charge in [-0.15, -0.1) is 0 Å². The second-order valence-electron chi connectivity index (χ2n) is 19.3. The molecule has 2 N–H and O–H groups in total. The summed E-state index contributed by atoms with van der Waals surface area (Å²) < 4.78 is 0. The molecule has 50 heavy (non-hydrogen) atoms. The van der Waals surface area contributed by atoms with Gasteiger partial charge in [-0.2, -0.15) is 0 Å². The molecule has 0 radical (unpaired) electrons. The fourth-order valence-electron chi connectivity index (χ4n) is 6.49. The number of hydrogen-bond donors (Lipinski definition) is 2. The Labute approximate surface area is 311 Å². The van der Waals surface area contributed by atoms with Crippen molar-refractivity contribution in [3.8, 4) is 16.9 Å². The highest BCUT2D eigenvalue weighted by Gasteiger charge is 2.29. The van der Waals surface area contributed by atoms with Crippen LogP contribution in [0.1, 0.15) is 189 Å². The van der Waals surface area contributed by atoms with Crippen LogP contribution in [-0.4, -0.2) is 12.2 Å². The van der Waals surface area contributed by atoms with Crippen LogP contribution in [-0.2, 0) is 39.9 Å². The molecule has 2 nitrogen and oxygen atoms in total. The van der Waals surface area contributed by atoms with Gasteiger partial charge >= 0.3 is 0 Å². The third-order valence-electron chi connectivity index (χ3n) is 9.62. The van der Waals surface area contributed by atoms with Gasteiger partial charge in [0.05, 0.1) is 0 Å². The number of benzene rings is 3. The number of phenolic OH excluding ortho intramolecular Hbond substituents is 1. The van der Waals surface area contributed by atoms with Crippen molar-refractivity contribution >= 4 is 5.69 Å². The average Bonchev–Trinajstić information content (AvgIpc) is 2.99. The van der Waals surface area contributed by atoms with Crippen LogP contribution in [0, 0.1) is 6.92 Å². The van der Waals surface area contributed by atoms with E-state index in [-0.39, 0.29) is 27.1 Å². The Hall–Kier alpha value is -2.74. The van der Waals surface area contributed by atoms with Crippen LogP contribution in [0.4, 0.5) is 5.69 Å². The summed E-state index contributed by atoms with van der Waals surface area (Å²) in [6.07, 6.45) is 4.57. The van der Waals surface area contributed by atoms with Crippen LogP contribution in [0.15, 0.2) is 36.4 Å². The third-order valence-corrected chi connectivity index (χ3v) is 9.62. The topological polar surface area (TPSA) is 32.3 Å². The summed E-state index contributed by atoms with van der Waals surface area (Å²) in [5.41, 5.74) is 14.9. The highest BCUT2D eigenvalue weighted by atomic mass is 16.3. The van der Waals surface area contributed by atoms with Crippen molar-refractivity contribution in [1.29, 1.82) is 0 Å². The molecule has 0 aliphatic carbocycles. The van der Waals surface area contributed by atoms with Crippen LogP contribution in [0.5, 0.6) is 5.75 Å². The minimum atomic E-state index is 0.0110. The molecule has 0 aliphatic rings. The first-order valence-corrected chi connectivity index (χ1v) is 19.6. The predicted octanol–water partition coefficient (Wildman–Crippen LogP) is 14.5. The van der Waals surface area contributed by atoms with E-state index in [9.17, 15) is 5.11 Å². The van der Waals surface area contributed by atoms with Gasteiger partial charge in [0.15, 0.2) is 0 Å². The zero-order valence-electron chi connectivity index (χ0n) is 36.7. The van der Waals surface area contributed by atoms with E-state index in [4.69, 9.17) is 0 Å². The molecule has 0 fully saturated rings. The van der Waals surface area contributed by atoms with Crippen molar-refractivity contribution in [1.82, 2.24) is 0 Å². The second-order valence-corrected chi connectivity index (χ2v) is 19.3. The number of aromatic hydroxyl groups is 1. The molecule has 0 unspecified atom stereocenters. The molecule has 3 aromatic carbocycles. The van der Waals surface area contributed by atoms with E-state index in [2.05, 4.69) is 166 Å². The van der Waals surface area contributed by atoms with E-state index < -0.39 is 0 Å². The van der Waals surface area contributed by atoms with Crippen molar-refractivity contribution in [2.24, 2.45) is 0 Å². The zero-order valence-corrected chi connectivity index (χ0v) is 36.7. The lowest BCUT2D eigenvalue weighted by molar-refractivity contribution is 0.442. The molecule has 0 bridgehead atoms. The SMILES string of the molecule is CC.CCCCc1cc(C)c(O)c(C(C)(C)C)c1.CCc1c(-c2cc(C(C)(C)C)cc(C(C)(C)C)c2NC)cc(C(C)(C)C)cc1C(C)(C)C. The highest BCUT2D eigenvalue weighted by Crippen LogP contribution is 2.45. The first-order chi connectivity index (χ1) is 22.7. The summed E-state index contributed by atoms with van der Waals surface area (Å²) in [5, 5.41) is 13.7. The summed E-state index contributed by atoms with van der Waals surface area (Å²) in [6, 6.07) is 14.1. The molecular weight excluding hydrogens is 607 g/mol. The summed E-state index contributed by atoms with van der Waals surface area (Å²) in [7, 11) is 2.08. The van der Waals surface area contributed by atoms with E-state index in [1.165, 1.54) is 63.0 Å². The average molecular weight is 686 g/mol. The Morgan fingerprint density at radius 2 is 1.00 bits per heavy atom. The smallest absolute Gasteiger partial charge is 0.122 e. The molecule has 0 spiro atoms. The maximum absolute atomic E-state index is 10.1. The second kappa shape index (κ2) is 17.2. The highest BCUT2D eigenvalue weighted by molar-refractivity contribution is 5.85. The number of nitrogens with one attached hydrogen (secondary N) is 1. The minimum absolute atomic E-state index is 0.0110.